The fourth-order valence-electron chi connectivity index (χ4n) is 2.66. The van der Waals surface area contributed by atoms with Crippen LogP contribution < -0.4 is 0 Å². The molecule has 0 aromatic heterocycles. The second-order valence-corrected chi connectivity index (χ2v) is 6.19. The van der Waals surface area contributed by atoms with Gasteiger partial charge >= 0.3 is 5.97 Å². The van der Waals surface area contributed by atoms with Crippen molar-refractivity contribution in [2.75, 3.05) is 19.8 Å². The Kier molecular flexibility index (Phi) is 5.79. The summed E-state index contributed by atoms with van der Waals surface area (Å²) in [6.07, 6.45) is -0.484. The molecule has 5 heteroatoms. The third-order valence-corrected chi connectivity index (χ3v) is 4.22. The van der Waals surface area contributed by atoms with E-state index in [9.17, 15) is 9.90 Å². The summed E-state index contributed by atoms with van der Waals surface area (Å²) in [6.45, 7) is 8.76. The van der Waals surface area contributed by atoms with Crippen molar-refractivity contribution in [2.24, 2.45) is 0 Å². The lowest BCUT2D eigenvalue weighted by Gasteiger charge is -2.26. The number of hydrogen-bond acceptors (Lipinski definition) is 5. The van der Waals surface area contributed by atoms with Crippen molar-refractivity contribution < 1.29 is 24.1 Å². The van der Waals surface area contributed by atoms with Crippen LogP contribution in [0.3, 0.4) is 0 Å². The molecule has 0 bridgehead atoms. The average Bonchev–Trinajstić information content (AvgIpc) is 3.08. The van der Waals surface area contributed by atoms with Gasteiger partial charge in [0.05, 0.1) is 31.3 Å². The summed E-state index contributed by atoms with van der Waals surface area (Å²) in [7, 11) is 0. The van der Waals surface area contributed by atoms with Crippen LogP contribution in [0, 0.1) is 0 Å². The van der Waals surface area contributed by atoms with Gasteiger partial charge in [0.15, 0.2) is 6.29 Å². The molecule has 1 aliphatic rings. The molecule has 1 aromatic rings. The molecule has 1 aromatic carbocycles. The standard InChI is InChI=1S/C18H26O5/c1-5-15(19)13-8-7-12(18(3,4)17(20)21-6-2)11-14(13)16-22-9-10-23-16/h7-8,11,15-16,19H,5-6,9-10H2,1-4H3. The molecule has 1 aliphatic heterocycles. The first kappa shape index (κ1) is 17.9. The second kappa shape index (κ2) is 7.43. The minimum Gasteiger partial charge on any atom is -0.465 e. The van der Waals surface area contributed by atoms with E-state index in [0.29, 0.717) is 26.2 Å². The van der Waals surface area contributed by atoms with E-state index < -0.39 is 17.8 Å². The highest BCUT2D eigenvalue weighted by molar-refractivity contribution is 5.82. The molecule has 1 N–H and O–H groups in total. The monoisotopic (exact) mass is 322 g/mol. The number of aliphatic hydroxyl groups excluding tert-OH is 1. The molecule has 2 rings (SSSR count). The van der Waals surface area contributed by atoms with Crippen LogP contribution in [0.5, 0.6) is 0 Å². The van der Waals surface area contributed by atoms with E-state index in [0.717, 1.165) is 16.7 Å². The third kappa shape index (κ3) is 3.74. The normalized spacial score (nSPS) is 17.3. The number of carbonyl (C=O) groups is 1. The number of benzene rings is 1. The first-order valence-electron chi connectivity index (χ1n) is 8.14. The molecule has 5 nitrogen and oxygen atoms in total. The molecule has 0 aliphatic carbocycles. The maximum atomic E-state index is 12.2. The van der Waals surface area contributed by atoms with Crippen LogP contribution in [-0.2, 0) is 24.4 Å². The third-order valence-electron chi connectivity index (χ3n) is 4.22. The molecule has 1 atom stereocenters. The lowest BCUT2D eigenvalue weighted by Crippen LogP contribution is -2.31. The fraction of sp³-hybridized carbons (Fsp3) is 0.611. The molecule has 1 fully saturated rings. The molecule has 0 spiro atoms. The van der Waals surface area contributed by atoms with E-state index in [2.05, 4.69) is 0 Å². The Labute approximate surface area is 137 Å². The van der Waals surface area contributed by atoms with E-state index in [4.69, 9.17) is 14.2 Å². The van der Waals surface area contributed by atoms with E-state index in [-0.39, 0.29) is 5.97 Å². The summed E-state index contributed by atoms with van der Waals surface area (Å²) in [5, 5.41) is 10.3. The molecule has 1 unspecified atom stereocenters. The Morgan fingerprint density at radius 1 is 1.35 bits per heavy atom. The van der Waals surface area contributed by atoms with Crippen LogP contribution in [0.1, 0.15) is 63.2 Å². The highest BCUT2D eigenvalue weighted by atomic mass is 16.7. The summed E-state index contributed by atoms with van der Waals surface area (Å²) in [4.78, 5) is 12.2. The molecule has 1 saturated heterocycles. The number of rotatable bonds is 6. The zero-order valence-corrected chi connectivity index (χ0v) is 14.3. The van der Waals surface area contributed by atoms with E-state index >= 15 is 0 Å². The number of esters is 1. The Hall–Kier alpha value is -1.43. The maximum absolute atomic E-state index is 12.2. The fourth-order valence-corrected chi connectivity index (χ4v) is 2.66. The predicted molar refractivity (Wildman–Crippen MR) is 86.0 cm³/mol. The van der Waals surface area contributed by atoms with Gasteiger partial charge in [-0.1, -0.05) is 19.1 Å². The van der Waals surface area contributed by atoms with Crippen LogP contribution in [0.4, 0.5) is 0 Å². The van der Waals surface area contributed by atoms with E-state index in [1.165, 1.54) is 0 Å². The highest BCUT2D eigenvalue weighted by Gasteiger charge is 2.33. The van der Waals surface area contributed by atoms with Crippen molar-refractivity contribution >= 4 is 5.97 Å². The number of ether oxygens (including phenoxy) is 3. The van der Waals surface area contributed by atoms with Crippen molar-refractivity contribution in [3.8, 4) is 0 Å². The van der Waals surface area contributed by atoms with Gasteiger partial charge in [-0.3, -0.25) is 4.79 Å². The zero-order chi connectivity index (χ0) is 17.0. The van der Waals surface area contributed by atoms with Gasteiger partial charge in [0, 0.05) is 5.56 Å². The molecule has 0 radical (unpaired) electrons. The Morgan fingerprint density at radius 2 is 2.00 bits per heavy atom. The van der Waals surface area contributed by atoms with E-state index in [1.54, 1.807) is 6.92 Å². The second-order valence-electron chi connectivity index (χ2n) is 6.19. The summed E-state index contributed by atoms with van der Waals surface area (Å²) in [6, 6.07) is 5.61. The van der Waals surface area contributed by atoms with Crippen molar-refractivity contribution in [3.63, 3.8) is 0 Å². The summed E-state index contributed by atoms with van der Waals surface area (Å²) in [5.74, 6) is -0.275. The predicted octanol–water partition coefficient (Wildman–Crippen LogP) is 3.02. The molecule has 0 amide bonds. The Balaban J connectivity index is 2.43. The lowest BCUT2D eigenvalue weighted by molar-refractivity contribution is -0.148. The largest absolute Gasteiger partial charge is 0.465 e. The van der Waals surface area contributed by atoms with Crippen molar-refractivity contribution in [1.82, 2.24) is 0 Å². The van der Waals surface area contributed by atoms with Crippen LogP contribution in [-0.4, -0.2) is 30.9 Å². The van der Waals surface area contributed by atoms with Crippen molar-refractivity contribution in [1.29, 1.82) is 0 Å². The summed E-state index contributed by atoms with van der Waals surface area (Å²) in [5.41, 5.74) is 1.60. The van der Waals surface area contributed by atoms with Gasteiger partial charge in [-0.25, -0.2) is 0 Å². The van der Waals surface area contributed by atoms with Crippen LogP contribution in [0.2, 0.25) is 0 Å². The molecule has 0 saturated carbocycles. The zero-order valence-electron chi connectivity index (χ0n) is 14.3. The van der Waals surface area contributed by atoms with Gasteiger partial charge in [0.1, 0.15) is 0 Å². The minimum absolute atomic E-state index is 0.275. The summed E-state index contributed by atoms with van der Waals surface area (Å²) >= 11 is 0. The van der Waals surface area contributed by atoms with Crippen LogP contribution in [0.25, 0.3) is 0 Å². The number of carbonyl (C=O) groups excluding carboxylic acids is 1. The lowest BCUT2D eigenvalue weighted by atomic mass is 9.82. The van der Waals surface area contributed by atoms with E-state index in [1.807, 2.05) is 39.0 Å². The quantitative estimate of drug-likeness (QED) is 0.816. The number of hydrogen-bond donors (Lipinski definition) is 1. The van der Waals surface area contributed by atoms with Gasteiger partial charge in [-0.2, -0.15) is 0 Å². The average molecular weight is 322 g/mol. The van der Waals surface area contributed by atoms with Crippen LogP contribution in [0.15, 0.2) is 18.2 Å². The Bertz CT molecular complexity index is 546. The van der Waals surface area contributed by atoms with Gasteiger partial charge in [0.25, 0.3) is 0 Å². The smallest absolute Gasteiger partial charge is 0.315 e. The summed E-state index contributed by atoms with van der Waals surface area (Å²) < 4.78 is 16.4. The topological polar surface area (TPSA) is 65.0 Å². The van der Waals surface area contributed by atoms with Crippen molar-refractivity contribution in [2.45, 2.75) is 51.9 Å². The van der Waals surface area contributed by atoms with Gasteiger partial charge in [-0.05, 0) is 44.4 Å². The molecular weight excluding hydrogens is 296 g/mol. The van der Waals surface area contributed by atoms with Gasteiger partial charge in [-0.15, -0.1) is 0 Å². The molecule has 23 heavy (non-hydrogen) atoms. The molecular formula is C18H26O5. The minimum atomic E-state index is -0.779. The maximum Gasteiger partial charge on any atom is 0.315 e. The van der Waals surface area contributed by atoms with Crippen LogP contribution >= 0.6 is 0 Å². The van der Waals surface area contributed by atoms with Gasteiger partial charge < -0.3 is 19.3 Å². The number of aliphatic hydroxyl groups is 1. The first-order chi connectivity index (χ1) is 10.9. The molecule has 1 heterocycles. The Morgan fingerprint density at radius 3 is 2.57 bits per heavy atom. The first-order valence-corrected chi connectivity index (χ1v) is 8.14. The SMILES string of the molecule is CCOC(=O)C(C)(C)c1ccc(C(O)CC)c(C2OCCO2)c1. The molecule has 128 valence electrons. The van der Waals surface area contributed by atoms with Gasteiger partial charge in [0.2, 0.25) is 0 Å². The highest BCUT2D eigenvalue weighted by Crippen LogP contribution is 2.35. The van der Waals surface area contributed by atoms with Crippen molar-refractivity contribution in [3.05, 3.63) is 34.9 Å².